The molecule has 0 aliphatic carbocycles. The lowest BCUT2D eigenvalue weighted by atomic mass is 10.1. The summed E-state index contributed by atoms with van der Waals surface area (Å²) in [4.78, 5) is 23.2. The smallest absolute Gasteiger partial charge is 0.273 e. The quantitative estimate of drug-likeness (QED) is 0.530. The van der Waals surface area contributed by atoms with Crippen LogP contribution in [0, 0.1) is 36.7 Å². The van der Waals surface area contributed by atoms with E-state index in [1.54, 1.807) is 49.7 Å². The molecule has 8 heteroatoms. The van der Waals surface area contributed by atoms with Gasteiger partial charge in [-0.3, -0.25) is 19.6 Å². The van der Waals surface area contributed by atoms with Crippen molar-refractivity contribution in [1.29, 1.82) is 0 Å². The molecule has 0 spiro atoms. The third-order valence-electron chi connectivity index (χ3n) is 4.51. The Labute approximate surface area is 161 Å². The molecule has 2 aromatic carbocycles. The number of nitro benzene ring substituents is 1. The van der Waals surface area contributed by atoms with E-state index in [1.807, 2.05) is 0 Å². The van der Waals surface area contributed by atoms with Crippen LogP contribution in [0.15, 0.2) is 42.5 Å². The van der Waals surface area contributed by atoms with E-state index in [1.165, 1.54) is 18.2 Å². The number of aromatic nitrogens is 2. The largest absolute Gasteiger partial charge is 0.319 e. The topological polar surface area (TPSA) is 90.1 Å². The fraction of sp³-hybridized carbons (Fsp3) is 0.200. The van der Waals surface area contributed by atoms with Crippen LogP contribution in [0.2, 0.25) is 0 Å². The number of aryl methyl sites for hydroxylation is 2. The SMILES string of the molecule is Cc1ccc(C(=O)Nc2c(C)nn(Cc3cccc(F)c3)c2C)cc1[N+](=O)[O-]. The number of anilines is 1. The van der Waals surface area contributed by atoms with Crippen LogP contribution in [0.4, 0.5) is 15.8 Å². The molecule has 0 aliphatic rings. The number of carbonyl (C=O) groups excluding carboxylic acids is 1. The van der Waals surface area contributed by atoms with Gasteiger partial charge in [0.25, 0.3) is 11.6 Å². The molecule has 28 heavy (non-hydrogen) atoms. The lowest BCUT2D eigenvalue weighted by molar-refractivity contribution is -0.385. The van der Waals surface area contributed by atoms with E-state index >= 15 is 0 Å². The van der Waals surface area contributed by atoms with Crippen molar-refractivity contribution in [3.05, 3.63) is 86.5 Å². The summed E-state index contributed by atoms with van der Waals surface area (Å²) in [6, 6.07) is 10.6. The fourth-order valence-electron chi connectivity index (χ4n) is 2.97. The highest BCUT2D eigenvalue weighted by Gasteiger charge is 2.18. The Kier molecular flexibility index (Phi) is 5.21. The molecule has 0 saturated heterocycles. The number of rotatable bonds is 5. The molecule has 1 heterocycles. The summed E-state index contributed by atoms with van der Waals surface area (Å²) >= 11 is 0. The van der Waals surface area contributed by atoms with Gasteiger partial charge in [0.1, 0.15) is 5.82 Å². The van der Waals surface area contributed by atoms with Gasteiger partial charge in [0.05, 0.1) is 28.5 Å². The standard InChI is InChI=1S/C20H19FN4O3/c1-12-7-8-16(10-18(12)25(27)28)20(26)22-19-13(2)23-24(14(19)3)11-15-5-4-6-17(21)9-15/h4-10H,11H2,1-3H3,(H,22,26). The number of nitrogens with zero attached hydrogens (tertiary/aromatic N) is 3. The minimum atomic E-state index is -0.514. The van der Waals surface area contributed by atoms with Crippen LogP contribution in [0.25, 0.3) is 0 Å². The molecule has 0 bridgehead atoms. The third-order valence-corrected chi connectivity index (χ3v) is 4.51. The maximum atomic E-state index is 13.4. The minimum absolute atomic E-state index is 0.108. The van der Waals surface area contributed by atoms with Crippen LogP contribution >= 0.6 is 0 Å². The Morgan fingerprint density at radius 3 is 2.64 bits per heavy atom. The molecule has 0 atom stereocenters. The Balaban J connectivity index is 1.85. The Morgan fingerprint density at radius 2 is 1.96 bits per heavy atom. The van der Waals surface area contributed by atoms with Crippen molar-refractivity contribution in [2.45, 2.75) is 27.3 Å². The summed E-state index contributed by atoms with van der Waals surface area (Å²) < 4.78 is 15.1. The summed E-state index contributed by atoms with van der Waals surface area (Å²) in [5.74, 6) is -0.784. The van der Waals surface area contributed by atoms with Crippen molar-refractivity contribution >= 4 is 17.3 Å². The highest BCUT2D eigenvalue weighted by molar-refractivity contribution is 6.05. The predicted molar refractivity (Wildman–Crippen MR) is 103 cm³/mol. The molecule has 1 N–H and O–H groups in total. The first-order chi connectivity index (χ1) is 13.3. The zero-order chi connectivity index (χ0) is 20.4. The van der Waals surface area contributed by atoms with Gasteiger partial charge in [-0.25, -0.2) is 4.39 Å². The van der Waals surface area contributed by atoms with Gasteiger partial charge in [0, 0.05) is 17.2 Å². The second-order valence-corrected chi connectivity index (χ2v) is 6.55. The van der Waals surface area contributed by atoms with Crippen molar-refractivity contribution in [2.24, 2.45) is 0 Å². The molecule has 1 amide bonds. The number of hydrogen-bond acceptors (Lipinski definition) is 4. The van der Waals surface area contributed by atoms with Crippen molar-refractivity contribution in [1.82, 2.24) is 9.78 Å². The summed E-state index contributed by atoms with van der Waals surface area (Å²) in [7, 11) is 0. The molecule has 1 aromatic heterocycles. The number of nitrogens with one attached hydrogen (secondary N) is 1. The van der Waals surface area contributed by atoms with Gasteiger partial charge < -0.3 is 5.32 Å². The lowest BCUT2D eigenvalue weighted by Crippen LogP contribution is -2.14. The Morgan fingerprint density at radius 1 is 1.21 bits per heavy atom. The minimum Gasteiger partial charge on any atom is -0.319 e. The maximum Gasteiger partial charge on any atom is 0.273 e. The molecule has 3 rings (SSSR count). The lowest BCUT2D eigenvalue weighted by Gasteiger charge is -2.08. The van der Waals surface area contributed by atoms with Crippen LogP contribution in [-0.2, 0) is 6.54 Å². The van der Waals surface area contributed by atoms with Gasteiger partial charge in [-0.15, -0.1) is 0 Å². The average Bonchev–Trinajstić information content (AvgIpc) is 2.89. The molecule has 144 valence electrons. The molecular formula is C20H19FN4O3. The van der Waals surface area contributed by atoms with E-state index < -0.39 is 10.8 Å². The van der Waals surface area contributed by atoms with Gasteiger partial charge in [0.2, 0.25) is 0 Å². The third kappa shape index (κ3) is 3.90. The Hall–Kier alpha value is -3.55. The molecule has 7 nitrogen and oxygen atoms in total. The van der Waals surface area contributed by atoms with Gasteiger partial charge in [-0.1, -0.05) is 18.2 Å². The molecule has 0 saturated carbocycles. The summed E-state index contributed by atoms with van der Waals surface area (Å²) in [5.41, 5.74) is 3.15. The first kappa shape index (κ1) is 19.2. The van der Waals surface area contributed by atoms with E-state index in [0.29, 0.717) is 29.2 Å². The Bertz CT molecular complexity index is 1080. The van der Waals surface area contributed by atoms with E-state index in [-0.39, 0.29) is 17.1 Å². The molecule has 0 aliphatic heterocycles. The van der Waals surface area contributed by atoms with Gasteiger partial charge in [0.15, 0.2) is 0 Å². The molecule has 0 radical (unpaired) electrons. The predicted octanol–water partition coefficient (Wildman–Crippen LogP) is 4.16. The van der Waals surface area contributed by atoms with Crippen LogP contribution in [0.3, 0.4) is 0 Å². The van der Waals surface area contributed by atoms with Crippen molar-refractivity contribution < 1.29 is 14.1 Å². The normalized spacial score (nSPS) is 10.7. The van der Waals surface area contributed by atoms with Crippen molar-refractivity contribution in [2.75, 3.05) is 5.32 Å². The van der Waals surface area contributed by atoms with Crippen LogP contribution in [0.5, 0.6) is 0 Å². The van der Waals surface area contributed by atoms with Gasteiger partial charge in [-0.05, 0) is 44.5 Å². The molecule has 0 fully saturated rings. The highest BCUT2D eigenvalue weighted by atomic mass is 19.1. The summed E-state index contributed by atoms with van der Waals surface area (Å²) in [6.07, 6.45) is 0. The number of carbonyl (C=O) groups is 1. The molecule has 3 aromatic rings. The van der Waals surface area contributed by atoms with E-state index in [2.05, 4.69) is 10.4 Å². The zero-order valence-electron chi connectivity index (χ0n) is 15.7. The van der Waals surface area contributed by atoms with Crippen molar-refractivity contribution in [3.8, 4) is 0 Å². The fourth-order valence-corrected chi connectivity index (χ4v) is 2.97. The first-order valence-electron chi connectivity index (χ1n) is 8.61. The van der Waals surface area contributed by atoms with Crippen LogP contribution < -0.4 is 5.32 Å². The van der Waals surface area contributed by atoms with Gasteiger partial charge in [-0.2, -0.15) is 5.10 Å². The van der Waals surface area contributed by atoms with Crippen molar-refractivity contribution in [3.63, 3.8) is 0 Å². The summed E-state index contributed by atoms with van der Waals surface area (Å²) in [5, 5.41) is 18.3. The first-order valence-corrected chi connectivity index (χ1v) is 8.61. The molecular weight excluding hydrogens is 363 g/mol. The number of amides is 1. The summed E-state index contributed by atoms with van der Waals surface area (Å²) in [6.45, 7) is 5.52. The highest BCUT2D eigenvalue weighted by Crippen LogP contribution is 2.23. The number of nitro groups is 1. The van der Waals surface area contributed by atoms with E-state index in [4.69, 9.17) is 0 Å². The van der Waals surface area contributed by atoms with Crippen LogP contribution in [0.1, 0.15) is 32.9 Å². The average molecular weight is 382 g/mol. The monoisotopic (exact) mass is 382 g/mol. The molecule has 0 unspecified atom stereocenters. The number of benzene rings is 2. The van der Waals surface area contributed by atoms with Crippen LogP contribution in [-0.4, -0.2) is 20.6 Å². The zero-order valence-corrected chi connectivity index (χ0v) is 15.7. The second kappa shape index (κ2) is 7.59. The number of hydrogen-bond donors (Lipinski definition) is 1. The van der Waals surface area contributed by atoms with E-state index in [0.717, 1.165) is 5.56 Å². The van der Waals surface area contributed by atoms with E-state index in [9.17, 15) is 19.3 Å². The second-order valence-electron chi connectivity index (χ2n) is 6.55. The number of halogens is 1. The maximum absolute atomic E-state index is 13.4. The van der Waals surface area contributed by atoms with Gasteiger partial charge >= 0.3 is 0 Å².